The summed E-state index contributed by atoms with van der Waals surface area (Å²) in [4.78, 5) is 33.1. The normalized spacial score (nSPS) is 21.6. The molecule has 0 saturated carbocycles. The molecule has 1 aromatic carbocycles. The second-order valence-electron chi connectivity index (χ2n) is 6.60. The smallest absolute Gasteiger partial charge is 0.251 e. The van der Waals surface area contributed by atoms with Crippen molar-refractivity contribution in [3.05, 3.63) is 24.3 Å². The van der Waals surface area contributed by atoms with Crippen LogP contribution in [0.3, 0.4) is 0 Å². The molecule has 2 fully saturated rings. The minimum atomic E-state index is -0.982. The van der Waals surface area contributed by atoms with Gasteiger partial charge in [0.1, 0.15) is 5.75 Å². The van der Waals surface area contributed by atoms with Gasteiger partial charge in [-0.05, 0) is 50.3 Å². The van der Waals surface area contributed by atoms with E-state index >= 15 is 0 Å². The van der Waals surface area contributed by atoms with E-state index in [-0.39, 0.29) is 5.11 Å². The molecule has 7 nitrogen and oxygen atoms in total. The molecule has 2 heterocycles. The maximum Gasteiger partial charge on any atom is 0.251 e. The first-order valence-electron chi connectivity index (χ1n) is 9.15. The van der Waals surface area contributed by atoms with Crippen molar-refractivity contribution < 1.29 is 14.3 Å². The number of nitrogens with one attached hydrogen (secondary N) is 1. The number of hydrogen-bond donors (Lipinski definition) is 1. The molecule has 0 spiro atoms. The van der Waals surface area contributed by atoms with Crippen LogP contribution in [0.2, 0.25) is 0 Å². The van der Waals surface area contributed by atoms with Crippen LogP contribution in [0.4, 0.5) is 5.69 Å². The van der Waals surface area contributed by atoms with Crippen LogP contribution in [0.5, 0.6) is 5.75 Å². The molecule has 8 heteroatoms. The van der Waals surface area contributed by atoms with Crippen molar-refractivity contribution in [2.45, 2.75) is 19.3 Å². The Morgan fingerprint density at radius 1 is 1.30 bits per heavy atom. The Bertz CT molecular complexity index is 746. The first-order valence-corrected chi connectivity index (χ1v) is 9.56. The average Bonchev–Trinajstić information content (AvgIpc) is 2.68. The van der Waals surface area contributed by atoms with Crippen LogP contribution in [0.15, 0.2) is 29.3 Å². The molecule has 3 rings (SSSR count). The Balaban J connectivity index is 1.67. The molecule has 0 unspecified atom stereocenters. The van der Waals surface area contributed by atoms with Crippen molar-refractivity contribution in [3.63, 3.8) is 0 Å². The number of amides is 2. The summed E-state index contributed by atoms with van der Waals surface area (Å²) in [6.45, 7) is 3.60. The Kier molecular flexibility index (Phi) is 6.52. The molecule has 2 aliphatic heterocycles. The highest BCUT2D eigenvalue weighted by Crippen LogP contribution is 2.24. The number of aliphatic imine (C=N–C) groups is 1. The van der Waals surface area contributed by atoms with Crippen LogP contribution in [-0.4, -0.2) is 61.3 Å². The summed E-state index contributed by atoms with van der Waals surface area (Å²) in [5.74, 6) is -1.22. The highest BCUT2D eigenvalue weighted by Gasteiger charge is 2.38. The van der Waals surface area contributed by atoms with Gasteiger partial charge in [0.05, 0.1) is 19.3 Å². The zero-order chi connectivity index (χ0) is 19.2. The van der Waals surface area contributed by atoms with Gasteiger partial charge in [0.25, 0.3) is 5.91 Å². The number of thiocarbonyl (C=S) groups is 1. The Morgan fingerprint density at radius 2 is 2.07 bits per heavy atom. The quantitative estimate of drug-likeness (QED) is 0.455. The summed E-state index contributed by atoms with van der Waals surface area (Å²) in [7, 11) is 1.55. The van der Waals surface area contributed by atoms with Gasteiger partial charge in [-0.25, -0.2) is 0 Å². The molecule has 1 aromatic rings. The second kappa shape index (κ2) is 9.05. The SMILES string of the molecule is COc1cccc(N2C(=O)[C@@H](C=NCCN3CCCCC3)C(=O)NC2=S)c1. The fraction of sp³-hybridized carbons (Fsp3) is 0.474. The molecule has 0 aliphatic carbocycles. The van der Waals surface area contributed by atoms with Gasteiger partial charge in [-0.2, -0.15) is 0 Å². The minimum Gasteiger partial charge on any atom is -0.497 e. The van der Waals surface area contributed by atoms with E-state index in [4.69, 9.17) is 17.0 Å². The highest BCUT2D eigenvalue weighted by molar-refractivity contribution is 7.80. The van der Waals surface area contributed by atoms with Crippen LogP contribution in [0, 0.1) is 5.92 Å². The molecule has 1 N–H and O–H groups in total. The van der Waals surface area contributed by atoms with Gasteiger partial charge in [-0.15, -0.1) is 0 Å². The summed E-state index contributed by atoms with van der Waals surface area (Å²) in [6, 6.07) is 6.99. The number of anilines is 1. The summed E-state index contributed by atoms with van der Waals surface area (Å²) in [5.41, 5.74) is 0.552. The molecular formula is C19H24N4O3S. The van der Waals surface area contributed by atoms with Crippen LogP contribution < -0.4 is 15.0 Å². The van der Waals surface area contributed by atoms with E-state index in [1.165, 1.54) is 30.4 Å². The number of ether oxygens (including phenoxy) is 1. The maximum atomic E-state index is 12.9. The van der Waals surface area contributed by atoms with Gasteiger partial charge in [-0.3, -0.25) is 19.5 Å². The third-order valence-corrected chi connectivity index (χ3v) is 5.05. The summed E-state index contributed by atoms with van der Waals surface area (Å²) in [5, 5.41) is 2.66. The van der Waals surface area contributed by atoms with E-state index in [1.807, 2.05) is 0 Å². The van der Waals surface area contributed by atoms with Gasteiger partial charge >= 0.3 is 0 Å². The number of nitrogens with zero attached hydrogens (tertiary/aromatic N) is 3. The predicted molar refractivity (Wildman–Crippen MR) is 108 cm³/mol. The minimum absolute atomic E-state index is 0.0659. The highest BCUT2D eigenvalue weighted by atomic mass is 32.1. The van der Waals surface area contributed by atoms with Gasteiger partial charge < -0.3 is 15.0 Å². The Labute approximate surface area is 164 Å². The summed E-state index contributed by atoms with van der Waals surface area (Å²) >= 11 is 5.20. The van der Waals surface area contributed by atoms with Gasteiger partial charge in [0.2, 0.25) is 5.91 Å². The molecule has 0 bridgehead atoms. The number of carbonyl (C=O) groups is 2. The number of hydrogen-bond acceptors (Lipinski definition) is 6. The standard InChI is InChI=1S/C19H24N4O3S/c1-26-15-7-5-6-14(12-15)23-18(25)16(17(24)21-19(23)27)13-20-8-11-22-9-3-2-4-10-22/h5-7,12-13,16H,2-4,8-11H2,1H3,(H,21,24,27)/t16-/m0/s1. The van der Waals surface area contributed by atoms with E-state index in [1.54, 1.807) is 31.4 Å². The average molecular weight is 388 g/mol. The molecule has 1 atom stereocenters. The number of methoxy groups -OCH3 is 1. The van der Waals surface area contributed by atoms with Crippen molar-refractivity contribution in [2.75, 3.05) is 38.2 Å². The number of carbonyl (C=O) groups excluding carboxylic acids is 2. The number of likely N-dealkylation sites (tertiary alicyclic amines) is 1. The second-order valence-corrected chi connectivity index (χ2v) is 6.99. The lowest BCUT2D eigenvalue weighted by molar-refractivity contribution is -0.130. The van der Waals surface area contributed by atoms with Crippen LogP contribution in [0.25, 0.3) is 0 Å². The van der Waals surface area contributed by atoms with Gasteiger partial charge in [0, 0.05) is 18.8 Å². The van der Waals surface area contributed by atoms with Gasteiger partial charge in [0.15, 0.2) is 11.0 Å². The summed E-state index contributed by atoms with van der Waals surface area (Å²) in [6.07, 6.45) is 5.17. The van der Waals surface area contributed by atoms with E-state index < -0.39 is 17.7 Å². The van der Waals surface area contributed by atoms with E-state index in [0.29, 0.717) is 18.0 Å². The molecule has 144 valence electrons. The van der Waals surface area contributed by atoms with Crippen molar-refractivity contribution in [2.24, 2.45) is 10.9 Å². The van der Waals surface area contributed by atoms with Crippen molar-refractivity contribution in [3.8, 4) is 5.75 Å². The molecule has 2 aliphatic rings. The molecule has 2 saturated heterocycles. The predicted octanol–water partition coefficient (Wildman–Crippen LogP) is 1.62. The Morgan fingerprint density at radius 3 is 2.81 bits per heavy atom. The molecule has 27 heavy (non-hydrogen) atoms. The van der Waals surface area contributed by atoms with Crippen molar-refractivity contribution >= 4 is 41.0 Å². The fourth-order valence-corrected chi connectivity index (χ4v) is 3.57. The third kappa shape index (κ3) is 4.70. The van der Waals surface area contributed by atoms with Gasteiger partial charge in [-0.1, -0.05) is 12.5 Å². The number of benzene rings is 1. The van der Waals surface area contributed by atoms with Crippen LogP contribution >= 0.6 is 12.2 Å². The fourth-order valence-electron chi connectivity index (χ4n) is 3.28. The lowest BCUT2D eigenvalue weighted by Crippen LogP contribution is -2.58. The largest absolute Gasteiger partial charge is 0.497 e. The summed E-state index contributed by atoms with van der Waals surface area (Å²) < 4.78 is 5.20. The number of piperidine rings is 1. The monoisotopic (exact) mass is 388 g/mol. The molecule has 0 radical (unpaired) electrons. The van der Waals surface area contributed by atoms with E-state index in [2.05, 4.69) is 15.2 Å². The van der Waals surface area contributed by atoms with Crippen LogP contribution in [-0.2, 0) is 9.59 Å². The number of rotatable bonds is 6. The molecule has 2 amide bonds. The topological polar surface area (TPSA) is 74.2 Å². The zero-order valence-corrected chi connectivity index (χ0v) is 16.2. The van der Waals surface area contributed by atoms with Crippen molar-refractivity contribution in [1.29, 1.82) is 0 Å². The molecular weight excluding hydrogens is 364 g/mol. The lowest BCUT2D eigenvalue weighted by Gasteiger charge is -2.31. The molecule has 0 aromatic heterocycles. The first-order chi connectivity index (χ1) is 13.1. The maximum absolute atomic E-state index is 12.9. The van der Waals surface area contributed by atoms with E-state index in [9.17, 15) is 9.59 Å². The Hall–Kier alpha value is -2.32. The lowest BCUT2D eigenvalue weighted by atomic mass is 10.1. The van der Waals surface area contributed by atoms with Crippen LogP contribution in [0.1, 0.15) is 19.3 Å². The van der Waals surface area contributed by atoms with E-state index in [0.717, 1.165) is 19.6 Å². The zero-order valence-electron chi connectivity index (χ0n) is 15.4. The van der Waals surface area contributed by atoms with Crippen molar-refractivity contribution in [1.82, 2.24) is 10.2 Å². The first kappa shape index (κ1) is 19.4. The third-order valence-electron chi connectivity index (χ3n) is 4.76.